The number of hydrogen-bond donors (Lipinski definition) is 0. The van der Waals surface area contributed by atoms with E-state index < -0.39 is 30.4 Å². The predicted octanol–water partition coefficient (Wildman–Crippen LogP) is -0.286. The van der Waals surface area contributed by atoms with Gasteiger partial charge in [0, 0.05) is 32.1 Å². The molecular weight excluding hydrogens is 252 g/mol. The summed E-state index contributed by atoms with van der Waals surface area (Å²) in [7, 11) is 1.13. The Labute approximate surface area is 99.0 Å². The van der Waals surface area contributed by atoms with E-state index in [9.17, 15) is 9.00 Å². The average Bonchev–Trinajstić information content (AvgIpc) is 2.31. The van der Waals surface area contributed by atoms with Gasteiger partial charge in [0.15, 0.2) is 0 Å². The first-order chi connectivity index (χ1) is 7.47. The molecule has 96 valence electrons. The molecule has 16 heavy (non-hydrogen) atoms. The molecule has 0 radical (unpaired) electrons. The Bertz CT molecular complexity index is 247. The van der Waals surface area contributed by atoms with Crippen LogP contribution in [0.25, 0.3) is 0 Å². The van der Waals surface area contributed by atoms with Gasteiger partial charge in [-0.25, -0.2) is 0 Å². The number of ether oxygens (including phenoxy) is 1. The highest BCUT2D eigenvalue weighted by Gasteiger charge is 2.48. The fourth-order valence-corrected chi connectivity index (χ4v) is 5.71. The molecule has 0 aliphatic heterocycles. The van der Waals surface area contributed by atoms with Gasteiger partial charge in [-0.05, 0) is 6.92 Å². The predicted molar refractivity (Wildman–Crippen MR) is 61.3 cm³/mol. The molecule has 0 heterocycles. The molecule has 0 aromatic carbocycles. The van der Waals surface area contributed by atoms with E-state index in [0.717, 1.165) is 0 Å². The van der Waals surface area contributed by atoms with E-state index in [0.29, 0.717) is 0 Å². The van der Waals surface area contributed by atoms with Crippen molar-refractivity contribution in [2.75, 3.05) is 34.2 Å². The summed E-state index contributed by atoms with van der Waals surface area (Å²) in [6, 6.07) is 0. The van der Waals surface area contributed by atoms with E-state index >= 15 is 0 Å². The van der Waals surface area contributed by atoms with Crippen molar-refractivity contribution in [3.63, 3.8) is 0 Å². The maximum absolute atomic E-state index is 11.8. The smallest absolute Gasteiger partial charge is 0.468 e. The van der Waals surface area contributed by atoms with Gasteiger partial charge < -0.3 is 18.0 Å². The molecule has 0 saturated carbocycles. The first-order valence-electron chi connectivity index (χ1n) is 4.56. The Morgan fingerprint density at radius 2 is 1.62 bits per heavy atom. The molecule has 0 amide bonds. The van der Waals surface area contributed by atoms with E-state index in [1.165, 1.54) is 28.4 Å². The number of carbonyl (C=O) groups excluding carboxylic acids is 1. The van der Waals surface area contributed by atoms with E-state index in [2.05, 4.69) is 4.74 Å². The van der Waals surface area contributed by atoms with Crippen molar-refractivity contribution in [1.82, 2.24) is 0 Å². The molecule has 2 unspecified atom stereocenters. The molecular formula is C8H18O6SSi. The molecule has 0 aliphatic carbocycles. The van der Waals surface area contributed by atoms with Crippen molar-refractivity contribution >= 4 is 25.6 Å². The van der Waals surface area contributed by atoms with E-state index in [4.69, 9.17) is 13.3 Å². The fourth-order valence-electron chi connectivity index (χ4n) is 1.21. The standard InChI is InChI=1S/C8H18O6SSi/c1-7(15(10)6-8(9)11-2)16(12-3,13-4)14-5/h7H,6H2,1-5H3. The second-order valence-corrected chi connectivity index (χ2v) is 8.43. The number of carbonyl (C=O) groups is 1. The minimum Gasteiger partial charge on any atom is -0.468 e. The van der Waals surface area contributed by atoms with Gasteiger partial charge in [0.05, 0.1) is 7.11 Å². The van der Waals surface area contributed by atoms with Crippen molar-refractivity contribution in [3.05, 3.63) is 0 Å². The second kappa shape index (κ2) is 7.12. The first kappa shape index (κ1) is 15.7. The van der Waals surface area contributed by atoms with E-state index in [-0.39, 0.29) is 5.75 Å². The zero-order valence-corrected chi connectivity index (χ0v) is 12.0. The Balaban J connectivity index is 4.68. The summed E-state index contributed by atoms with van der Waals surface area (Å²) in [4.78, 5) is 10.5. The van der Waals surface area contributed by atoms with Crippen LogP contribution in [0.1, 0.15) is 6.92 Å². The summed E-state index contributed by atoms with van der Waals surface area (Å²) in [5.74, 6) is -0.723. The summed E-state index contributed by atoms with van der Waals surface area (Å²) in [5, 5.41) is 0. The van der Waals surface area contributed by atoms with Gasteiger partial charge in [-0.2, -0.15) is 0 Å². The highest BCUT2D eigenvalue weighted by Crippen LogP contribution is 2.16. The van der Waals surface area contributed by atoms with Crippen LogP contribution in [0.15, 0.2) is 0 Å². The van der Waals surface area contributed by atoms with Gasteiger partial charge in [0.1, 0.15) is 10.6 Å². The minimum atomic E-state index is -2.97. The van der Waals surface area contributed by atoms with Crippen LogP contribution in [0.5, 0.6) is 0 Å². The summed E-state index contributed by atoms with van der Waals surface area (Å²) in [6.07, 6.45) is 0. The molecule has 0 saturated heterocycles. The molecule has 0 aromatic rings. The summed E-state index contributed by atoms with van der Waals surface area (Å²) in [6.45, 7) is 1.67. The molecule has 0 rings (SSSR count). The van der Waals surface area contributed by atoms with Crippen molar-refractivity contribution in [1.29, 1.82) is 0 Å². The third-order valence-corrected chi connectivity index (χ3v) is 7.90. The minimum absolute atomic E-state index is 0.192. The molecule has 0 N–H and O–H groups in total. The van der Waals surface area contributed by atoms with Crippen LogP contribution in [0.3, 0.4) is 0 Å². The van der Waals surface area contributed by atoms with Gasteiger partial charge in [-0.15, -0.1) is 0 Å². The largest absolute Gasteiger partial charge is 0.516 e. The average molecular weight is 270 g/mol. The fraction of sp³-hybridized carbons (Fsp3) is 0.875. The molecule has 0 bridgehead atoms. The van der Waals surface area contributed by atoms with Gasteiger partial charge in [0.25, 0.3) is 0 Å². The maximum atomic E-state index is 11.8. The van der Waals surface area contributed by atoms with Crippen LogP contribution in [0, 0.1) is 0 Å². The molecule has 0 fully saturated rings. The highest BCUT2D eigenvalue weighted by molar-refractivity contribution is 7.88. The highest BCUT2D eigenvalue weighted by atomic mass is 32.2. The quantitative estimate of drug-likeness (QED) is 0.468. The lowest BCUT2D eigenvalue weighted by Crippen LogP contribution is -2.55. The zero-order chi connectivity index (χ0) is 12.8. The molecule has 0 aromatic heterocycles. The third kappa shape index (κ3) is 3.63. The van der Waals surface area contributed by atoms with E-state index in [1.807, 2.05) is 0 Å². The maximum Gasteiger partial charge on any atom is 0.516 e. The Kier molecular flexibility index (Phi) is 7.00. The summed E-state index contributed by atoms with van der Waals surface area (Å²) < 4.78 is 31.8. The normalized spacial score (nSPS) is 15.6. The van der Waals surface area contributed by atoms with Crippen molar-refractivity contribution in [2.24, 2.45) is 0 Å². The van der Waals surface area contributed by atoms with Gasteiger partial charge in [-0.1, -0.05) is 0 Å². The van der Waals surface area contributed by atoms with Crippen LogP contribution in [-0.4, -0.2) is 58.0 Å². The third-order valence-electron chi connectivity index (χ3n) is 2.23. The van der Waals surface area contributed by atoms with Crippen molar-refractivity contribution in [2.45, 2.75) is 11.8 Å². The molecule has 2 atom stereocenters. The number of methoxy groups -OCH3 is 1. The number of hydrogen-bond acceptors (Lipinski definition) is 6. The Morgan fingerprint density at radius 3 is 1.94 bits per heavy atom. The molecule has 0 aliphatic rings. The van der Waals surface area contributed by atoms with Crippen molar-refractivity contribution < 1.29 is 27.0 Å². The Morgan fingerprint density at radius 1 is 1.19 bits per heavy atom. The van der Waals surface area contributed by atoms with Gasteiger partial charge >= 0.3 is 14.8 Å². The lowest BCUT2D eigenvalue weighted by atomic mass is 10.8. The van der Waals surface area contributed by atoms with Crippen LogP contribution >= 0.6 is 0 Å². The first-order valence-corrected chi connectivity index (χ1v) is 7.75. The zero-order valence-electron chi connectivity index (χ0n) is 10.1. The summed E-state index contributed by atoms with van der Waals surface area (Å²) >= 11 is 0. The topological polar surface area (TPSA) is 71.1 Å². The summed E-state index contributed by atoms with van der Waals surface area (Å²) in [5.41, 5.74) is 0. The number of rotatable bonds is 7. The molecule has 8 heteroatoms. The number of esters is 1. The van der Waals surface area contributed by atoms with Gasteiger partial charge in [-0.3, -0.25) is 9.00 Å². The second-order valence-electron chi connectivity index (χ2n) is 2.96. The molecule has 6 nitrogen and oxygen atoms in total. The monoisotopic (exact) mass is 270 g/mol. The van der Waals surface area contributed by atoms with Crippen molar-refractivity contribution in [3.8, 4) is 0 Å². The SMILES string of the molecule is COC(=O)CS(=O)C(C)[Si](OC)(OC)OC. The Hall–Kier alpha value is -0.283. The lowest BCUT2D eigenvalue weighted by molar-refractivity contribution is -0.137. The van der Waals surface area contributed by atoms with Crippen LogP contribution < -0.4 is 0 Å². The lowest BCUT2D eigenvalue weighted by Gasteiger charge is -2.29. The molecule has 0 spiro atoms. The van der Waals surface area contributed by atoms with E-state index in [1.54, 1.807) is 6.92 Å². The van der Waals surface area contributed by atoms with Crippen LogP contribution in [-0.2, 0) is 33.6 Å². The van der Waals surface area contributed by atoms with Crippen LogP contribution in [0.4, 0.5) is 0 Å². The van der Waals surface area contributed by atoms with Gasteiger partial charge in [0.2, 0.25) is 0 Å². The van der Waals surface area contributed by atoms with Crippen LogP contribution in [0.2, 0.25) is 0 Å².